The highest BCUT2D eigenvalue weighted by Gasteiger charge is 2.22. The van der Waals surface area contributed by atoms with Gasteiger partial charge in [-0.05, 0) is 39.7 Å². The molecule has 172 valence electrons. The highest BCUT2D eigenvalue weighted by atomic mass is 32.2. The van der Waals surface area contributed by atoms with Gasteiger partial charge < -0.3 is 10.2 Å². The molecule has 0 aliphatic rings. The van der Waals surface area contributed by atoms with Gasteiger partial charge in [0.15, 0.2) is 16.1 Å². The van der Waals surface area contributed by atoms with E-state index in [1.165, 1.54) is 38.4 Å². The molecule has 0 aliphatic heterocycles. The Bertz CT molecular complexity index is 1130. The molecular formula is C21H28N6O2S3. The van der Waals surface area contributed by atoms with Gasteiger partial charge >= 0.3 is 0 Å². The minimum atomic E-state index is -0.201. The second-order valence-corrected chi connectivity index (χ2v) is 10.8. The van der Waals surface area contributed by atoms with Gasteiger partial charge in [-0.25, -0.2) is 4.98 Å². The number of nitrogens with one attached hydrogen (secondary N) is 1. The Morgan fingerprint density at radius 3 is 2.59 bits per heavy atom. The third-order valence-corrected chi connectivity index (χ3v) is 7.81. The first-order chi connectivity index (χ1) is 15.1. The van der Waals surface area contributed by atoms with Crippen LogP contribution in [0.2, 0.25) is 0 Å². The van der Waals surface area contributed by atoms with E-state index in [9.17, 15) is 9.59 Å². The summed E-state index contributed by atoms with van der Waals surface area (Å²) in [4.78, 5) is 32.4. The summed E-state index contributed by atoms with van der Waals surface area (Å²) in [7, 11) is 3.38. The fourth-order valence-electron chi connectivity index (χ4n) is 3.27. The summed E-state index contributed by atoms with van der Waals surface area (Å²) in [6.07, 6.45) is 0.937. The molecule has 0 saturated heterocycles. The van der Waals surface area contributed by atoms with Gasteiger partial charge in [-0.1, -0.05) is 30.0 Å². The van der Waals surface area contributed by atoms with Gasteiger partial charge in [0.1, 0.15) is 4.88 Å². The molecule has 0 unspecified atom stereocenters. The molecule has 0 spiro atoms. The number of thiophene rings is 1. The van der Waals surface area contributed by atoms with Gasteiger partial charge in [-0.15, -0.1) is 21.5 Å². The van der Waals surface area contributed by atoms with E-state index < -0.39 is 0 Å². The topological polar surface area (TPSA) is 93.0 Å². The van der Waals surface area contributed by atoms with Crippen LogP contribution in [0.5, 0.6) is 0 Å². The number of anilines is 1. The number of aryl methyl sites for hydroxylation is 2. The molecule has 0 radical (unpaired) electrons. The standard InChI is InChI=1S/C21H28N6O2S3/c1-8-14-13(5)30-9-15(14)18-24-25-21(27(18)11(2)3)31-10-16(28)23-20-22-12(4)17(32-20)19(29)26(6)7/h9,11H,8,10H2,1-7H3,(H,22,23,28). The highest BCUT2D eigenvalue weighted by Crippen LogP contribution is 2.34. The van der Waals surface area contributed by atoms with E-state index >= 15 is 0 Å². The molecule has 0 atom stereocenters. The maximum atomic E-state index is 12.6. The molecule has 3 heterocycles. The lowest BCUT2D eigenvalue weighted by Gasteiger charge is -2.14. The van der Waals surface area contributed by atoms with Crippen LogP contribution in [-0.2, 0) is 11.2 Å². The van der Waals surface area contributed by atoms with Crippen molar-refractivity contribution in [1.82, 2.24) is 24.6 Å². The van der Waals surface area contributed by atoms with Crippen molar-refractivity contribution < 1.29 is 9.59 Å². The van der Waals surface area contributed by atoms with E-state index in [0.29, 0.717) is 20.9 Å². The Balaban J connectivity index is 1.73. The number of thiazole rings is 1. The second-order valence-electron chi connectivity index (χ2n) is 7.78. The lowest BCUT2D eigenvalue weighted by molar-refractivity contribution is -0.113. The number of thioether (sulfide) groups is 1. The Labute approximate surface area is 200 Å². The third-order valence-electron chi connectivity index (χ3n) is 4.85. The van der Waals surface area contributed by atoms with Gasteiger partial charge in [0.25, 0.3) is 5.91 Å². The summed E-state index contributed by atoms with van der Waals surface area (Å²) >= 11 is 4.25. The number of carbonyl (C=O) groups is 2. The molecule has 0 saturated carbocycles. The maximum absolute atomic E-state index is 12.6. The van der Waals surface area contributed by atoms with E-state index in [4.69, 9.17) is 0 Å². The fourth-order valence-corrected chi connectivity index (χ4v) is 6.08. The molecule has 8 nitrogen and oxygen atoms in total. The summed E-state index contributed by atoms with van der Waals surface area (Å²) < 4.78 is 2.08. The highest BCUT2D eigenvalue weighted by molar-refractivity contribution is 7.99. The Morgan fingerprint density at radius 2 is 1.97 bits per heavy atom. The van der Waals surface area contributed by atoms with E-state index in [1.807, 2.05) is 0 Å². The van der Waals surface area contributed by atoms with Crippen LogP contribution in [0.15, 0.2) is 10.5 Å². The molecular weight excluding hydrogens is 464 g/mol. The number of nitrogens with zero attached hydrogens (tertiary/aromatic N) is 5. The van der Waals surface area contributed by atoms with Gasteiger partial charge in [0, 0.05) is 36.0 Å². The van der Waals surface area contributed by atoms with Crippen molar-refractivity contribution in [3.05, 3.63) is 26.4 Å². The lowest BCUT2D eigenvalue weighted by Crippen LogP contribution is -2.21. The quantitative estimate of drug-likeness (QED) is 0.460. The third kappa shape index (κ3) is 5.05. The van der Waals surface area contributed by atoms with Crippen molar-refractivity contribution in [2.75, 3.05) is 25.2 Å². The molecule has 0 bridgehead atoms. The van der Waals surface area contributed by atoms with Crippen LogP contribution in [0, 0.1) is 13.8 Å². The van der Waals surface area contributed by atoms with Crippen molar-refractivity contribution in [3.8, 4) is 11.4 Å². The van der Waals surface area contributed by atoms with Crippen molar-refractivity contribution in [2.24, 2.45) is 0 Å². The number of hydrogen-bond acceptors (Lipinski definition) is 8. The Kier molecular flexibility index (Phi) is 7.73. The summed E-state index contributed by atoms with van der Waals surface area (Å²) in [6, 6.07) is 0.150. The van der Waals surface area contributed by atoms with Crippen LogP contribution in [0.4, 0.5) is 5.13 Å². The van der Waals surface area contributed by atoms with Gasteiger partial charge in [-0.3, -0.25) is 14.2 Å². The van der Waals surface area contributed by atoms with E-state index in [2.05, 4.69) is 58.1 Å². The van der Waals surface area contributed by atoms with Gasteiger partial charge in [0.05, 0.1) is 11.4 Å². The van der Waals surface area contributed by atoms with Crippen molar-refractivity contribution >= 4 is 51.4 Å². The van der Waals surface area contributed by atoms with E-state index in [1.54, 1.807) is 32.4 Å². The van der Waals surface area contributed by atoms with Crippen LogP contribution < -0.4 is 5.32 Å². The van der Waals surface area contributed by atoms with Crippen molar-refractivity contribution in [3.63, 3.8) is 0 Å². The molecule has 0 fully saturated rings. The average Bonchev–Trinajstić information content (AvgIpc) is 3.41. The van der Waals surface area contributed by atoms with E-state index in [0.717, 1.165) is 17.8 Å². The zero-order chi connectivity index (χ0) is 23.6. The summed E-state index contributed by atoms with van der Waals surface area (Å²) in [5.74, 6) is 0.686. The van der Waals surface area contributed by atoms with E-state index in [-0.39, 0.29) is 23.6 Å². The summed E-state index contributed by atoms with van der Waals surface area (Å²) in [5.41, 5.74) is 3.02. The first-order valence-electron chi connectivity index (χ1n) is 10.3. The molecule has 0 aliphatic carbocycles. The average molecular weight is 493 g/mol. The summed E-state index contributed by atoms with van der Waals surface area (Å²) in [6.45, 7) is 10.2. The van der Waals surface area contributed by atoms with Crippen LogP contribution in [0.25, 0.3) is 11.4 Å². The predicted molar refractivity (Wildman–Crippen MR) is 132 cm³/mol. The Morgan fingerprint density at radius 1 is 1.25 bits per heavy atom. The molecule has 32 heavy (non-hydrogen) atoms. The molecule has 0 aromatic carbocycles. The fraction of sp³-hybridized carbons (Fsp3) is 0.476. The zero-order valence-corrected chi connectivity index (χ0v) is 21.8. The second kappa shape index (κ2) is 10.1. The maximum Gasteiger partial charge on any atom is 0.265 e. The molecule has 2 amide bonds. The predicted octanol–water partition coefficient (Wildman–Crippen LogP) is 4.66. The smallest absolute Gasteiger partial charge is 0.265 e. The molecule has 1 N–H and O–H groups in total. The van der Waals surface area contributed by atoms with Crippen LogP contribution in [0.1, 0.15) is 52.6 Å². The van der Waals surface area contributed by atoms with Gasteiger partial charge in [0.2, 0.25) is 5.91 Å². The van der Waals surface area contributed by atoms with Crippen LogP contribution >= 0.6 is 34.4 Å². The minimum Gasteiger partial charge on any atom is -0.344 e. The monoisotopic (exact) mass is 492 g/mol. The lowest BCUT2D eigenvalue weighted by atomic mass is 10.1. The number of rotatable bonds is 8. The zero-order valence-electron chi connectivity index (χ0n) is 19.3. The van der Waals surface area contributed by atoms with Crippen molar-refractivity contribution in [1.29, 1.82) is 0 Å². The van der Waals surface area contributed by atoms with Crippen LogP contribution in [-0.4, -0.2) is 56.3 Å². The number of amides is 2. The Hall–Kier alpha value is -2.24. The molecule has 3 aromatic heterocycles. The SMILES string of the molecule is CCc1c(-c2nnc(SCC(=O)Nc3nc(C)c(C(=O)N(C)C)s3)n2C(C)C)csc1C. The van der Waals surface area contributed by atoms with Gasteiger partial charge in [-0.2, -0.15) is 0 Å². The number of hydrogen-bond donors (Lipinski definition) is 1. The first kappa shape index (κ1) is 24.4. The molecule has 3 rings (SSSR count). The molecule has 3 aromatic rings. The number of aromatic nitrogens is 4. The van der Waals surface area contributed by atoms with Crippen molar-refractivity contribution in [2.45, 2.75) is 52.2 Å². The number of carbonyl (C=O) groups excluding carboxylic acids is 2. The normalized spacial score (nSPS) is 11.2. The first-order valence-corrected chi connectivity index (χ1v) is 13.0. The largest absolute Gasteiger partial charge is 0.344 e. The summed E-state index contributed by atoms with van der Waals surface area (Å²) in [5, 5.41) is 14.9. The minimum absolute atomic E-state index is 0.123. The molecule has 11 heteroatoms. The van der Waals surface area contributed by atoms with Crippen LogP contribution in [0.3, 0.4) is 0 Å².